The van der Waals surface area contributed by atoms with Crippen LogP contribution in [0.5, 0.6) is 5.75 Å². The number of benzene rings is 2. The fraction of sp³-hybridized carbons (Fsp3) is 0.250. The number of fused-ring (bicyclic) bond motifs is 1. The summed E-state index contributed by atoms with van der Waals surface area (Å²) in [5.74, 6) is 0.340. The Labute approximate surface area is 107 Å². The first-order chi connectivity index (χ1) is 8.74. The van der Waals surface area contributed by atoms with Gasteiger partial charge >= 0.3 is 0 Å². The van der Waals surface area contributed by atoms with Crippen molar-refractivity contribution in [1.82, 2.24) is 0 Å². The number of aromatic hydroxyl groups is 1. The molecule has 3 rings (SSSR count). The zero-order valence-electron chi connectivity index (χ0n) is 10.5. The lowest BCUT2D eigenvalue weighted by Crippen LogP contribution is -2.28. The largest absolute Gasteiger partial charge is 0.508 e. The summed E-state index contributed by atoms with van der Waals surface area (Å²) in [7, 11) is 0. The second kappa shape index (κ2) is 4.37. The molecule has 0 radical (unpaired) electrons. The normalized spacial score (nSPS) is 17.8. The Hall–Kier alpha value is -1.96. The molecule has 0 bridgehead atoms. The summed E-state index contributed by atoms with van der Waals surface area (Å²) in [5.41, 5.74) is 3.90. The fourth-order valence-corrected chi connectivity index (χ4v) is 2.72. The highest BCUT2D eigenvalue weighted by atomic mass is 16.3. The maximum Gasteiger partial charge on any atom is 0.115 e. The van der Waals surface area contributed by atoms with E-state index in [0.29, 0.717) is 11.8 Å². The number of phenols is 1. The van der Waals surface area contributed by atoms with E-state index in [1.165, 1.54) is 11.3 Å². The molecule has 1 atom stereocenters. The lowest BCUT2D eigenvalue weighted by atomic mass is 10.1. The lowest BCUT2D eigenvalue weighted by Gasteiger charge is -2.25. The molecule has 1 aliphatic rings. The predicted molar refractivity (Wildman–Crippen MR) is 73.9 cm³/mol. The molecule has 2 nitrogen and oxygen atoms in total. The zero-order valence-corrected chi connectivity index (χ0v) is 10.5. The van der Waals surface area contributed by atoms with Gasteiger partial charge in [0.15, 0.2) is 0 Å². The molecule has 1 heterocycles. The third-order valence-corrected chi connectivity index (χ3v) is 3.61. The Morgan fingerprint density at radius 2 is 2.00 bits per heavy atom. The van der Waals surface area contributed by atoms with E-state index in [0.717, 1.165) is 18.5 Å². The molecular formula is C16H17NO. The lowest BCUT2D eigenvalue weighted by molar-refractivity contribution is 0.474. The molecule has 0 fully saturated rings. The molecule has 0 aliphatic carbocycles. The molecule has 0 aromatic heterocycles. The van der Waals surface area contributed by atoms with Crippen LogP contribution < -0.4 is 4.90 Å². The minimum absolute atomic E-state index is 0.340. The van der Waals surface area contributed by atoms with Gasteiger partial charge in [0.1, 0.15) is 5.75 Å². The quantitative estimate of drug-likeness (QED) is 0.868. The molecule has 92 valence electrons. The van der Waals surface area contributed by atoms with E-state index >= 15 is 0 Å². The van der Waals surface area contributed by atoms with E-state index in [1.54, 1.807) is 6.07 Å². The molecule has 2 aromatic rings. The minimum atomic E-state index is 0.340. The molecule has 0 saturated carbocycles. The Balaban J connectivity index is 1.89. The minimum Gasteiger partial charge on any atom is -0.508 e. The van der Waals surface area contributed by atoms with Crippen LogP contribution in [-0.2, 0) is 13.0 Å². The number of anilines is 1. The first kappa shape index (κ1) is 11.1. The fourth-order valence-electron chi connectivity index (χ4n) is 2.72. The van der Waals surface area contributed by atoms with E-state index < -0.39 is 0 Å². The van der Waals surface area contributed by atoms with Gasteiger partial charge in [-0.3, -0.25) is 0 Å². The van der Waals surface area contributed by atoms with Crippen LogP contribution in [0.15, 0.2) is 48.5 Å². The van der Waals surface area contributed by atoms with Gasteiger partial charge in [0.05, 0.1) is 0 Å². The third-order valence-electron chi connectivity index (χ3n) is 3.61. The van der Waals surface area contributed by atoms with Crippen LogP contribution in [0.4, 0.5) is 5.69 Å². The Bertz CT molecular complexity index is 565. The van der Waals surface area contributed by atoms with Crippen LogP contribution in [0.1, 0.15) is 18.1 Å². The first-order valence-corrected chi connectivity index (χ1v) is 6.36. The summed E-state index contributed by atoms with van der Waals surface area (Å²) >= 11 is 0. The Kier molecular flexibility index (Phi) is 2.71. The molecule has 0 saturated heterocycles. The van der Waals surface area contributed by atoms with E-state index in [4.69, 9.17) is 0 Å². The summed E-state index contributed by atoms with van der Waals surface area (Å²) < 4.78 is 0. The van der Waals surface area contributed by atoms with Gasteiger partial charge in [0, 0.05) is 18.3 Å². The van der Waals surface area contributed by atoms with Gasteiger partial charge in [0.2, 0.25) is 0 Å². The second-order valence-electron chi connectivity index (χ2n) is 4.98. The molecule has 2 aromatic carbocycles. The van der Waals surface area contributed by atoms with Gasteiger partial charge in [0.25, 0.3) is 0 Å². The van der Waals surface area contributed by atoms with Crippen LogP contribution >= 0.6 is 0 Å². The van der Waals surface area contributed by atoms with Crippen molar-refractivity contribution in [3.05, 3.63) is 59.7 Å². The topological polar surface area (TPSA) is 23.5 Å². The van der Waals surface area contributed by atoms with Crippen LogP contribution in [0.25, 0.3) is 0 Å². The third kappa shape index (κ3) is 1.94. The van der Waals surface area contributed by atoms with Crippen LogP contribution in [0, 0.1) is 0 Å². The van der Waals surface area contributed by atoms with Crippen molar-refractivity contribution in [2.45, 2.75) is 25.9 Å². The van der Waals surface area contributed by atoms with Crippen molar-refractivity contribution in [3.8, 4) is 5.75 Å². The molecular weight excluding hydrogens is 222 g/mol. The predicted octanol–water partition coefficient (Wildman–Crippen LogP) is 3.34. The number of hydrogen-bond acceptors (Lipinski definition) is 2. The van der Waals surface area contributed by atoms with Crippen LogP contribution in [0.2, 0.25) is 0 Å². The smallest absolute Gasteiger partial charge is 0.115 e. The number of rotatable bonds is 2. The van der Waals surface area contributed by atoms with Gasteiger partial charge in [-0.2, -0.15) is 0 Å². The average molecular weight is 239 g/mol. The summed E-state index contributed by atoms with van der Waals surface area (Å²) in [6.45, 7) is 3.11. The molecule has 0 spiro atoms. The number of nitrogens with zero attached hydrogens (tertiary/aromatic N) is 1. The van der Waals surface area contributed by atoms with Crippen LogP contribution in [0.3, 0.4) is 0 Å². The van der Waals surface area contributed by atoms with Crippen molar-refractivity contribution in [2.75, 3.05) is 4.90 Å². The van der Waals surface area contributed by atoms with Crippen molar-refractivity contribution < 1.29 is 5.11 Å². The number of para-hydroxylation sites is 1. The molecule has 2 heteroatoms. The molecule has 1 unspecified atom stereocenters. The Morgan fingerprint density at radius 3 is 2.83 bits per heavy atom. The molecule has 1 aliphatic heterocycles. The summed E-state index contributed by atoms with van der Waals surface area (Å²) in [6, 6.07) is 16.6. The maximum atomic E-state index is 9.53. The van der Waals surface area contributed by atoms with Gasteiger partial charge < -0.3 is 10.0 Å². The van der Waals surface area contributed by atoms with E-state index in [9.17, 15) is 5.11 Å². The van der Waals surface area contributed by atoms with Crippen LogP contribution in [-0.4, -0.2) is 11.1 Å². The summed E-state index contributed by atoms with van der Waals surface area (Å²) in [6.07, 6.45) is 1.11. The number of phenolic OH excluding ortho intramolecular Hbond substituents is 1. The van der Waals surface area contributed by atoms with Gasteiger partial charge in [-0.05, 0) is 42.7 Å². The van der Waals surface area contributed by atoms with Crippen molar-refractivity contribution in [2.24, 2.45) is 0 Å². The van der Waals surface area contributed by atoms with E-state index in [-0.39, 0.29) is 0 Å². The second-order valence-corrected chi connectivity index (χ2v) is 4.98. The maximum absolute atomic E-state index is 9.53. The highest BCUT2D eigenvalue weighted by Gasteiger charge is 2.25. The molecule has 0 amide bonds. The zero-order chi connectivity index (χ0) is 12.5. The van der Waals surface area contributed by atoms with Gasteiger partial charge in [-0.1, -0.05) is 30.3 Å². The Morgan fingerprint density at radius 1 is 1.17 bits per heavy atom. The molecule has 18 heavy (non-hydrogen) atoms. The van der Waals surface area contributed by atoms with Crippen molar-refractivity contribution in [1.29, 1.82) is 0 Å². The van der Waals surface area contributed by atoms with Gasteiger partial charge in [-0.15, -0.1) is 0 Å². The first-order valence-electron chi connectivity index (χ1n) is 6.36. The number of hydrogen-bond donors (Lipinski definition) is 1. The highest BCUT2D eigenvalue weighted by Crippen LogP contribution is 2.33. The van der Waals surface area contributed by atoms with E-state index in [1.807, 2.05) is 12.1 Å². The summed E-state index contributed by atoms with van der Waals surface area (Å²) in [4.78, 5) is 2.41. The summed E-state index contributed by atoms with van der Waals surface area (Å²) in [5, 5.41) is 9.53. The average Bonchev–Trinajstić information content (AvgIpc) is 2.66. The van der Waals surface area contributed by atoms with E-state index in [2.05, 4.69) is 42.2 Å². The monoisotopic (exact) mass is 239 g/mol. The van der Waals surface area contributed by atoms with Crippen molar-refractivity contribution in [3.63, 3.8) is 0 Å². The van der Waals surface area contributed by atoms with Gasteiger partial charge in [-0.25, -0.2) is 0 Å². The SMILES string of the molecule is CC1Cc2ccccc2N1Cc1cccc(O)c1. The standard InChI is InChI=1S/C16H17NO/c1-12-9-14-6-2-3-8-16(14)17(12)11-13-5-4-7-15(18)10-13/h2-8,10,12,18H,9,11H2,1H3. The highest BCUT2D eigenvalue weighted by molar-refractivity contribution is 5.59. The van der Waals surface area contributed by atoms with Crippen molar-refractivity contribution >= 4 is 5.69 Å². The molecule has 1 N–H and O–H groups in total.